The second-order valence-electron chi connectivity index (χ2n) is 7.83. The molecule has 0 radical (unpaired) electrons. The lowest BCUT2D eigenvalue weighted by molar-refractivity contribution is -0.141. The quantitative estimate of drug-likeness (QED) is 0.526. The van der Waals surface area contributed by atoms with Crippen LogP contribution in [0.15, 0.2) is 47.4 Å². The lowest BCUT2D eigenvalue weighted by Gasteiger charge is -2.35. The first-order valence-corrected chi connectivity index (χ1v) is 11.8. The molecule has 0 spiro atoms. The molecule has 3 rings (SSSR count). The van der Waals surface area contributed by atoms with Gasteiger partial charge in [0.05, 0.1) is 7.11 Å². The van der Waals surface area contributed by atoms with E-state index in [-0.39, 0.29) is 34.3 Å². The number of hydrogen-bond donors (Lipinski definition) is 0. The highest BCUT2D eigenvalue weighted by atomic mass is 32.2. The molecule has 6 nitrogen and oxygen atoms in total. The first-order chi connectivity index (χ1) is 14.7. The molecule has 0 N–H and O–H groups in total. The van der Waals surface area contributed by atoms with Crippen molar-refractivity contribution in [2.75, 3.05) is 7.11 Å². The van der Waals surface area contributed by atoms with Crippen LogP contribution in [0.3, 0.4) is 0 Å². The first kappa shape index (κ1) is 23.1. The number of carbonyl (C=O) groups excluding carboxylic acids is 1. The molecule has 2 aromatic carbocycles. The third kappa shape index (κ3) is 5.36. The van der Waals surface area contributed by atoms with Crippen molar-refractivity contribution in [3.05, 3.63) is 53.8 Å². The van der Waals surface area contributed by atoms with Crippen molar-refractivity contribution in [3.8, 4) is 11.5 Å². The van der Waals surface area contributed by atoms with E-state index in [1.54, 1.807) is 18.2 Å². The van der Waals surface area contributed by atoms with E-state index >= 15 is 0 Å². The zero-order chi connectivity index (χ0) is 22.6. The van der Waals surface area contributed by atoms with Crippen molar-refractivity contribution >= 4 is 16.0 Å². The fourth-order valence-corrected chi connectivity index (χ4v) is 4.34. The number of methoxy groups -OCH3 is 1. The molecule has 0 bridgehead atoms. The molecule has 8 heteroatoms. The molecule has 1 aliphatic rings. The highest BCUT2D eigenvalue weighted by molar-refractivity contribution is 7.87. The molecule has 0 unspecified atom stereocenters. The summed E-state index contributed by atoms with van der Waals surface area (Å²) in [6.07, 6.45) is 3.72. The van der Waals surface area contributed by atoms with Gasteiger partial charge in [-0.3, -0.25) is 4.79 Å². The minimum atomic E-state index is -4.18. The summed E-state index contributed by atoms with van der Waals surface area (Å²) >= 11 is 0. The molecule has 1 atom stereocenters. The van der Waals surface area contributed by atoms with Crippen molar-refractivity contribution < 1.29 is 26.5 Å². The Morgan fingerprint density at radius 1 is 1.16 bits per heavy atom. The second-order valence-corrected chi connectivity index (χ2v) is 9.37. The molecule has 0 saturated heterocycles. The van der Waals surface area contributed by atoms with Crippen molar-refractivity contribution in [2.45, 2.75) is 57.0 Å². The van der Waals surface area contributed by atoms with Gasteiger partial charge in [0.2, 0.25) is 5.91 Å². The van der Waals surface area contributed by atoms with E-state index in [1.807, 2.05) is 18.7 Å². The zero-order valence-corrected chi connectivity index (χ0v) is 18.8. The molecule has 0 aliphatic heterocycles. The lowest BCUT2D eigenvalue weighted by Crippen LogP contribution is -2.43. The average molecular weight is 450 g/mol. The normalized spacial score (nSPS) is 15.1. The number of ether oxygens (including phenoxy) is 1. The molecule has 2 aromatic rings. The molecule has 1 saturated carbocycles. The van der Waals surface area contributed by atoms with Crippen LogP contribution >= 0.6 is 0 Å². The topological polar surface area (TPSA) is 72.9 Å². The van der Waals surface area contributed by atoms with E-state index in [1.165, 1.54) is 7.11 Å². The first-order valence-electron chi connectivity index (χ1n) is 10.4. The van der Waals surface area contributed by atoms with Crippen LogP contribution in [0, 0.1) is 11.7 Å². The van der Waals surface area contributed by atoms with Gasteiger partial charge in [-0.05, 0) is 68.1 Å². The number of benzene rings is 2. The van der Waals surface area contributed by atoms with Crippen molar-refractivity contribution in [3.63, 3.8) is 0 Å². The highest BCUT2D eigenvalue weighted by Gasteiger charge is 2.31. The summed E-state index contributed by atoms with van der Waals surface area (Å²) in [5, 5.41) is 0. The number of halogens is 1. The van der Waals surface area contributed by atoms with Gasteiger partial charge in [0.25, 0.3) is 0 Å². The van der Waals surface area contributed by atoms with Crippen LogP contribution in [0.4, 0.5) is 4.39 Å². The summed E-state index contributed by atoms with van der Waals surface area (Å²) in [7, 11) is -2.77. The van der Waals surface area contributed by atoms with E-state index in [0.717, 1.165) is 55.5 Å². The van der Waals surface area contributed by atoms with Crippen molar-refractivity contribution in [1.82, 2.24) is 4.90 Å². The van der Waals surface area contributed by atoms with E-state index < -0.39 is 15.9 Å². The number of carbonyl (C=O) groups is 1. The molecule has 1 fully saturated rings. The van der Waals surface area contributed by atoms with Gasteiger partial charge < -0.3 is 13.8 Å². The van der Waals surface area contributed by atoms with E-state index in [2.05, 4.69) is 0 Å². The Kier molecular flexibility index (Phi) is 7.20. The molecule has 0 heterocycles. The van der Waals surface area contributed by atoms with Crippen LogP contribution in [0.5, 0.6) is 11.5 Å². The summed E-state index contributed by atoms with van der Waals surface area (Å²) in [4.78, 5) is 14.6. The number of hydrogen-bond acceptors (Lipinski definition) is 5. The lowest BCUT2D eigenvalue weighted by atomic mass is 9.84. The van der Waals surface area contributed by atoms with Gasteiger partial charge in [-0.1, -0.05) is 19.4 Å². The van der Waals surface area contributed by atoms with Crippen LogP contribution in [-0.2, 0) is 21.5 Å². The van der Waals surface area contributed by atoms with Gasteiger partial charge in [0.1, 0.15) is 10.7 Å². The Balaban J connectivity index is 1.86. The van der Waals surface area contributed by atoms with Crippen LogP contribution in [0.1, 0.15) is 45.1 Å². The van der Waals surface area contributed by atoms with Crippen LogP contribution in [0.25, 0.3) is 0 Å². The van der Waals surface area contributed by atoms with Crippen LogP contribution in [0.2, 0.25) is 0 Å². The van der Waals surface area contributed by atoms with Crippen molar-refractivity contribution in [2.24, 2.45) is 5.92 Å². The molecule has 1 aliphatic carbocycles. The summed E-state index contributed by atoms with van der Waals surface area (Å²) in [5.74, 6) is -0.0706. The Hall–Kier alpha value is -2.61. The smallest absolute Gasteiger partial charge is 0.339 e. The number of rotatable bonds is 9. The fraction of sp³-hybridized carbons (Fsp3) is 0.435. The Labute approximate surface area is 183 Å². The monoisotopic (exact) mass is 449 g/mol. The summed E-state index contributed by atoms with van der Waals surface area (Å²) in [6.45, 7) is 4.39. The summed E-state index contributed by atoms with van der Waals surface area (Å²) in [6, 6.07) is 9.44. The molecular weight excluding hydrogens is 421 g/mol. The third-order valence-electron chi connectivity index (χ3n) is 5.74. The minimum Gasteiger partial charge on any atom is -0.493 e. The Morgan fingerprint density at radius 3 is 2.39 bits per heavy atom. The van der Waals surface area contributed by atoms with Crippen LogP contribution < -0.4 is 8.92 Å². The van der Waals surface area contributed by atoms with Gasteiger partial charge in [-0.15, -0.1) is 0 Å². The molecule has 31 heavy (non-hydrogen) atoms. The van der Waals surface area contributed by atoms with Gasteiger partial charge in [0, 0.05) is 18.5 Å². The summed E-state index contributed by atoms with van der Waals surface area (Å²) in [5.41, 5.74) is 0.734. The predicted octanol–water partition coefficient (Wildman–Crippen LogP) is 4.53. The SMILES string of the molecule is CC[C@@H](C)N(Cc1ccc(OC)c(OS(=O)(=O)c2ccc(F)cc2)c1)C(=O)C1CCC1. The number of amides is 1. The van der Waals surface area contributed by atoms with Crippen molar-refractivity contribution in [1.29, 1.82) is 0 Å². The predicted molar refractivity (Wildman–Crippen MR) is 115 cm³/mol. The molecule has 1 amide bonds. The summed E-state index contributed by atoms with van der Waals surface area (Å²) < 4.78 is 49.0. The van der Waals surface area contributed by atoms with Gasteiger partial charge in [0.15, 0.2) is 11.5 Å². The van der Waals surface area contributed by atoms with E-state index in [4.69, 9.17) is 8.92 Å². The second kappa shape index (κ2) is 9.68. The minimum absolute atomic E-state index is 0.0181. The third-order valence-corrected chi connectivity index (χ3v) is 6.99. The number of nitrogens with zero attached hydrogens (tertiary/aromatic N) is 1. The van der Waals surface area contributed by atoms with E-state index in [0.29, 0.717) is 6.54 Å². The molecular formula is C23H28FNO5S. The van der Waals surface area contributed by atoms with E-state index in [9.17, 15) is 17.6 Å². The van der Waals surface area contributed by atoms with Gasteiger partial charge in [-0.25, -0.2) is 4.39 Å². The maximum atomic E-state index is 13.2. The van der Waals surface area contributed by atoms with Gasteiger partial charge >= 0.3 is 10.1 Å². The maximum absolute atomic E-state index is 13.2. The van der Waals surface area contributed by atoms with Crippen LogP contribution in [-0.4, -0.2) is 32.4 Å². The average Bonchev–Trinajstić information content (AvgIpc) is 2.70. The van der Waals surface area contributed by atoms with Gasteiger partial charge in [-0.2, -0.15) is 8.42 Å². The standard InChI is InChI=1S/C23H28FNO5S/c1-4-16(2)25(23(26)18-6-5-7-18)15-17-8-13-21(29-3)22(14-17)30-31(27,28)20-11-9-19(24)10-12-20/h8-14,16,18H,4-7,15H2,1-3H3/t16-/m1/s1. The Bertz CT molecular complexity index is 1020. The largest absolute Gasteiger partial charge is 0.493 e. The molecule has 168 valence electrons. The molecule has 0 aromatic heterocycles. The fourth-order valence-electron chi connectivity index (χ4n) is 3.41. The Morgan fingerprint density at radius 2 is 1.84 bits per heavy atom. The zero-order valence-electron chi connectivity index (χ0n) is 18.0. The maximum Gasteiger partial charge on any atom is 0.339 e. The highest BCUT2D eigenvalue weighted by Crippen LogP contribution is 2.33.